The zero-order valence-electron chi connectivity index (χ0n) is 12.4. The van der Waals surface area contributed by atoms with Crippen molar-refractivity contribution >= 4 is 11.6 Å². The van der Waals surface area contributed by atoms with Crippen LogP contribution in [0.3, 0.4) is 0 Å². The lowest BCUT2D eigenvalue weighted by molar-refractivity contribution is 0.354. The molecule has 0 spiro atoms. The molecule has 1 atom stereocenters. The van der Waals surface area contributed by atoms with E-state index >= 15 is 0 Å². The second kappa shape index (κ2) is 8.54. The Morgan fingerprint density at radius 1 is 1.15 bits per heavy atom. The molecule has 0 aromatic heterocycles. The van der Waals surface area contributed by atoms with Gasteiger partial charge in [0.15, 0.2) is 11.5 Å². The van der Waals surface area contributed by atoms with Crippen molar-refractivity contribution in [1.82, 2.24) is 5.32 Å². The van der Waals surface area contributed by atoms with Gasteiger partial charge in [-0.1, -0.05) is 26.0 Å². The Bertz CT molecular complexity index is 483. The number of rotatable bonds is 4. The lowest BCUT2D eigenvalue weighted by Gasteiger charge is -2.20. The maximum Gasteiger partial charge on any atom is 0.161 e. The van der Waals surface area contributed by atoms with Crippen molar-refractivity contribution in [3.05, 3.63) is 47.7 Å². The van der Waals surface area contributed by atoms with Crippen LogP contribution in [0.4, 0.5) is 0 Å². The summed E-state index contributed by atoms with van der Waals surface area (Å²) in [6.45, 7) is 4.00. The predicted molar refractivity (Wildman–Crippen MR) is 84.7 cm³/mol. The van der Waals surface area contributed by atoms with Crippen LogP contribution in [0.5, 0.6) is 11.5 Å². The Morgan fingerprint density at radius 2 is 1.85 bits per heavy atom. The Hall–Kier alpha value is -1.61. The van der Waals surface area contributed by atoms with Gasteiger partial charge < -0.3 is 14.8 Å². The SMILES string of the molecule is CC.COc1ccc(C2C=C(CCl)C=CN2)cc1OC. The van der Waals surface area contributed by atoms with Crippen molar-refractivity contribution in [2.45, 2.75) is 19.9 Å². The van der Waals surface area contributed by atoms with E-state index in [-0.39, 0.29) is 6.04 Å². The summed E-state index contributed by atoms with van der Waals surface area (Å²) in [7, 11) is 3.26. The van der Waals surface area contributed by atoms with Crippen molar-refractivity contribution in [1.29, 1.82) is 0 Å². The minimum Gasteiger partial charge on any atom is -0.493 e. The molecule has 1 aliphatic heterocycles. The summed E-state index contributed by atoms with van der Waals surface area (Å²) in [5.74, 6) is 1.98. The number of halogens is 1. The Kier molecular flexibility index (Phi) is 7.02. The molecule has 110 valence electrons. The number of dihydropyridines is 1. The maximum atomic E-state index is 5.85. The van der Waals surface area contributed by atoms with Crippen molar-refractivity contribution < 1.29 is 9.47 Å². The molecule has 1 aliphatic rings. The van der Waals surface area contributed by atoms with Gasteiger partial charge in [0.2, 0.25) is 0 Å². The van der Waals surface area contributed by atoms with E-state index in [2.05, 4.69) is 11.4 Å². The summed E-state index contributed by atoms with van der Waals surface area (Å²) >= 11 is 5.85. The van der Waals surface area contributed by atoms with E-state index < -0.39 is 0 Å². The van der Waals surface area contributed by atoms with Crippen LogP contribution in [-0.4, -0.2) is 20.1 Å². The second-order valence-corrected chi connectivity index (χ2v) is 4.23. The molecule has 4 heteroatoms. The zero-order valence-corrected chi connectivity index (χ0v) is 13.2. The fourth-order valence-corrected chi connectivity index (χ4v) is 2.08. The number of alkyl halides is 1. The van der Waals surface area contributed by atoms with Crippen molar-refractivity contribution in [3.8, 4) is 11.5 Å². The number of hydrogen-bond acceptors (Lipinski definition) is 3. The molecule has 3 nitrogen and oxygen atoms in total. The highest BCUT2D eigenvalue weighted by Crippen LogP contribution is 2.31. The molecule has 0 bridgehead atoms. The molecule has 20 heavy (non-hydrogen) atoms. The number of benzene rings is 1. The standard InChI is InChI=1S/C14H16ClNO2.C2H6/c1-17-13-4-3-11(8-14(13)18-2)12-7-10(9-15)5-6-16-12;1-2/h3-8,12,16H,9H2,1-2H3;1-2H3. The molecule has 0 fully saturated rings. The molecule has 1 aromatic carbocycles. The first-order valence-corrected chi connectivity index (χ1v) is 7.23. The minimum atomic E-state index is 0.114. The quantitative estimate of drug-likeness (QED) is 0.850. The Balaban J connectivity index is 0.000000956. The van der Waals surface area contributed by atoms with Gasteiger partial charge in [-0.3, -0.25) is 0 Å². The van der Waals surface area contributed by atoms with Crippen molar-refractivity contribution in [2.75, 3.05) is 20.1 Å². The van der Waals surface area contributed by atoms with Crippen LogP contribution in [0, 0.1) is 0 Å². The van der Waals surface area contributed by atoms with Gasteiger partial charge >= 0.3 is 0 Å². The summed E-state index contributed by atoms with van der Waals surface area (Å²) in [6.07, 6.45) is 6.00. The van der Waals surface area contributed by atoms with Crippen LogP contribution in [0.25, 0.3) is 0 Å². The highest BCUT2D eigenvalue weighted by atomic mass is 35.5. The third-order valence-corrected chi connectivity index (χ3v) is 3.18. The molecule has 1 N–H and O–H groups in total. The largest absolute Gasteiger partial charge is 0.493 e. The molecule has 0 amide bonds. The molecule has 0 aliphatic carbocycles. The lowest BCUT2D eigenvalue weighted by Crippen LogP contribution is -2.17. The minimum absolute atomic E-state index is 0.114. The first-order chi connectivity index (χ1) is 9.78. The molecule has 2 rings (SSSR count). The third kappa shape index (κ3) is 3.94. The molecule has 0 radical (unpaired) electrons. The topological polar surface area (TPSA) is 30.5 Å². The number of allylic oxidation sites excluding steroid dienone is 2. The average Bonchev–Trinajstić information content (AvgIpc) is 2.56. The van der Waals surface area contributed by atoms with E-state index in [1.165, 1.54) is 0 Å². The van der Waals surface area contributed by atoms with Crippen molar-refractivity contribution in [2.24, 2.45) is 0 Å². The molecule has 1 aromatic rings. The summed E-state index contributed by atoms with van der Waals surface area (Å²) in [4.78, 5) is 0. The van der Waals surface area contributed by atoms with Crippen LogP contribution in [0.2, 0.25) is 0 Å². The zero-order chi connectivity index (χ0) is 15.0. The summed E-state index contributed by atoms with van der Waals surface area (Å²) in [5, 5.41) is 3.28. The van der Waals surface area contributed by atoms with Gasteiger partial charge in [-0.15, -0.1) is 11.6 Å². The highest BCUT2D eigenvalue weighted by molar-refractivity contribution is 6.19. The van der Waals surface area contributed by atoms with Crippen LogP contribution in [0.1, 0.15) is 25.5 Å². The van der Waals surface area contributed by atoms with E-state index in [0.717, 1.165) is 22.6 Å². The van der Waals surface area contributed by atoms with Crippen molar-refractivity contribution in [3.63, 3.8) is 0 Å². The maximum absolute atomic E-state index is 5.85. The molecule has 0 saturated heterocycles. The Morgan fingerprint density at radius 3 is 2.45 bits per heavy atom. The van der Waals surface area contributed by atoms with Gasteiger partial charge in [0, 0.05) is 5.88 Å². The Labute approximate surface area is 126 Å². The summed E-state index contributed by atoms with van der Waals surface area (Å²) in [5.41, 5.74) is 2.22. The number of ether oxygens (including phenoxy) is 2. The molecule has 0 saturated carbocycles. The smallest absolute Gasteiger partial charge is 0.161 e. The molecular weight excluding hydrogens is 274 g/mol. The summed E-state index contributed by atoms with van der Waals surface area (Å²) in [6, 6.07) is 6.00. The highest BCUT2D eigenvalue weighted by Gasteiger charge is 2.13. The van der Waals surface area contributed by atoms with E-state index in [1.54, 1.807) is 14.2 Å². The number of nitrogens with one attached hydrogen (secondary N) is 1. The van der Waals surface area contributed by atoms with Crippen LogP contribution < -0.4 is 14.8 Å². The fraction of sp³-hybridized carbons (Fsp3) is 0.375. The van der Waals surface area contributed by atoms with Crippen LogP contribution in [0.15, 0.2) is 42.1 Å². The lowest BCUT2D eigenvalue weighted by atomic mass is 10.0. The molecular formula is C16H22ClNO2. The van der Waals surface area contributed by atoms with E-state index in [0.29, 0.717) is 5.88 Å². The van der Waals surface area contributed by atoms with Gasteiger partial charge in [-0.25, -0.2) is 0 Å². The van der Waals surface area contributed by atoms with Gasteiger partial charge in [-0.2, -0.15) is 0 Å². The average molecular weight is 296 g/mol. The first kappa shape index (κ1) is 16.4. The van der Waals surface area contributed by atoms with E-state index in [4.69, 9.17) is 21.1 Å². The normalized spacial score (nSPS) is 16.4. The van der Waals surface area contributed by atoms with E-state index in [9.17, 15) is 0 Å². The molecule has 1 unspecified atom stereocenters. The number of hydrogen-bond donors (Lipinski definition) is 1. The van der Waals surface area contributed by atoms with Gasteiger partial charge in [0.05, 0.1) is 20.3 Å². The van der Waals surface area contributed by atoms with Crippen LogP contribution in [-0.2, 0) is 0 Å². The predicted octanol–water partition coefficient (Wildman–Crippen LogP) is 4.05. The fourth-order valence-electron chi connectivity index (χ4n) is 1.90. The second-order valence-electron chi connectivity index (χ2n) is 3.97. The van der Waals surface area contributed by atoms with Gasteiger partial charge in [-0.05, 0) is 35.5 Å². The van der Waals surface area contributed by atoms with E-state index in [1.807, 2.05) is 44.3 Å². The first-order valence-electron chi connectivity index (χ1n) is 6.69. The third-order valence-electron chi connectivity index (χ3n) is 2.87. The summed E-state index contributed by atoms with van der Waals surface area (Å²) < 4.78 is 10.5. The van der Waals surface area contributed by atoms with Gasteiger partial charge in [0.25, 0.3) is 0 Å². The number of methoxy groups -OCH3 is 2. The van der Waals surface area contributed by atoms with Gasteiger partial charge in [0.1, 0.15) is 0 Å². The monoisotopic (exact) mass is 295 g/mol. The van der Waals surface area contributed by atoms with Crippen LogP contribution >= 0.6 is 11.6 Å². The molecule has 1 heterocycles.